The molecule has 1 N–H and O–H groups in total. The molecule has 0 saturated heterocycles. The van der Waals surface area contributed by atoms with Crippen molar-refractivity contribution in [1.82, 2.24) is 4.31 Å². The van der Waals surface area contributed by atoms with Crippen LogP contribution in [-0.2, 0) is 31.3 Å². The summed E-state index contributed by atoms with van der Waals surface area (Å²) in [5.41, 5.74) is 1.64. The molecule has 190 valence electrons. The molecule has 1 aliphatic rings. The average Bonchev–Trinajstić information content (AvgIpc) is 3.28. The molecular weight excluding hydrogens is 526 g/mol. The van der Waals surface area contributed by atoms with Crippen LogP contribution >= 0.6 is 11.6 Å². The van der Waals surface area contributed by atoms with Gasteiger partial charge in [0.2, 0.25) is 15.9 Å². The number of likely N-dealkylation sites (N-methyl/N-ethyl adjacent to an activating group) is 1. The molecule has 36 heavy (non-hydrogen) atoms. The number of benzene rings is 3. The molecule has 0 atom stereocenters. The topological polar surface area (TPSA) is 113 Å². The number of fused-ring (bicyclic) bond motifs is 1. The van der Waals surface area contributed by atoms with Crippen LogP contribution in [0.2, 0.25) is 5.02 Å². The van der Waals surface area contributed by atoms with Gasteiger partial charge in [0.15, 0.2) is 0 Å². The van der Waals surface area contributed by atoms with E-state index in [0.717, 1.165) is 9.87 Å². The van der Waals surface area contributed by atoms with Crippen LogP contribution in [-0.4, -0.2) is 54.3 Å². The highest BCUT2D eigenvalue weighted by molar-refractivity contribution is 7.92. The lowest BCUT2D eigenvalue weighted by atomic mass is 10.1. The zero-order valence-electron chi connectivity index (χ0n) is 19.5. The Hall–Kier alpha value is -3.12. The van der Waals surface area contributed by atoms with E-state index in [4.69, 9.17) is 16.3 Å². The zero-order valence-corrected chi connectivity index (χ0v) is 21.9. The van der Waals surface area contributed by atoms with Crippen molar-refractivity contribution in [1.29, 1.82) is 0 Å². The van der Waals surface area contributed by atoms with Gasteiger partial charge in [0.1, 0.15) is 5.75 Å². The Bertz CT molecular complexity index is 1490. The SMILES string of the molecule is COc1ccc(S(=O)(=O)N(C)CC(=O)Nc2ccc3c(c2)N(S(=O)(=O)c2ccc(Cl)cc2)CC3)cc1. The summed E-state index contributed by atoms with van der Waals surface area (Å²) in [6, 6.07) is 16.7. The Morgan fingerprint density at radius 2 is 1.64 bits per heavy atom. The van der Waals surface area contributed by atoms with Crippen LogP contribution in [0, 0.1) is 0 Å². The molecule has 0 radical (unpaired) electrons. The third-order valence-corrected chi connectivity index (χ3v) is 9.65. The second kappa shape index (κ2) is 10.1. The number of rotatable bonds is 8. The lowest BCUT2D eigenvalue weighted by molar-refractivity contribution is -0.116. The molecule has 0 saturated carbocycles. The first-order valence-corrected chi connectivity index (χ1v) is 14.1. The quantitative estimate of drug-likeness (QED) is 0.461. The number of carbonyl (C=O) groups is 1. The van der Waals surface area contributed by atoms with E-state index in [2.05, 4.69) is 5.32 Å². The monoisotopic (exact) mass is 549 g/mol. The van der Waals surface area contributed by atoms with Crippen molar-refractivity contribution >= 4 is 48.9 Å². The summed E-state index contributed by atoms with van der Waals surface area (Å²) >= 11 is 5.89. The molecule has 12 heteroatoms. The lowest BCUT2D eigenvalue weighted by Crippen LogP contribution is -2.35. The minimum atomic E-state index is -3.90. The second-order valence-electron chi connectivity index (χ2n) is 8.11. The number of hydrogen-bond donors (Lipinski definition) is 1. The number of nitrogens with zero attached hydrogens (tertiary/aromatic N) is 2. The summed E-state index contributed by atoms with van der Waals surface area (Å²) in [6.45, 7) is -0.168. The van der Waals surface area contributed by atoms with E-state index in [-0.39, 0.29) is 16.3 Å². The molecule has 3 aromatic rings. The van der Waals surface area contributed by atoms with E-state index >= 15 is 0 Å². The van der Waals surface area contributed by atoms with Gasteiger partial charge in [0.05, 0.1) is 29.1 Å². The van der Waals surface area contributed by atoms with Gasteiger partial charge in [0, 0.05) is 24.3 Å². The molecule has 0 fully saturated rings. The first-order valence-electron chi connectivity index (χ1n) is 10.8. The Morgan fingerprint density at radius 1 is 1.00 bits per heavy atom. The summed E-state index contributed by atoms with van der Waals surface area (Å²) in [7, 11) is -4.94. The molecule has 0 aliphatic carbocycles. The highest BCUT2D eigenvalue weighted by Gasteiger charge is 2.31. The van der Waals surface area contributed by atoms with Gasteiger partial charge in [-0.2, -0.15) is 4.31 Å². The molecule has 1 heterocycles. The van der Waals surface area contributed by atoms with E-state index < -0.39 is 32.5 Å². The van der Waals surface area contributed by atoms with Crippen LogP contribution in [0.4, 0.5) is 11.4 Å². The minimum absolute atomic E-state index is 0.0270. The van der Waals surface area contributed by atoms with Gasteiger partial charge >= 0.3 is 0 Å². The van der Waals surface area contributed by atoms with Gasteiger partial charge in [-0.25, -0.2) is 16.8 Å². The molecule has 0 unspecified atom stereocenters. The predicted octanol–water partition coefficient (Wildman–Crippen LogP) is 3.36. The van der Waals surface area contributed by atoms with Crippen LogP contribution < -0.4 is 14.4 Å². The van der Waals surface area contributed by atoms with Gasteiger partial charge in [-0.05, 0) is 72.6 Å². The van der Waals surface area contributed by atoms with E-state index in [1.807, 2.05) is 0 Å². The summed E-state index contributed by atoms with van der Waals surface area (Å²) < 4.78 is 59.3. The van der Waals surface area contributed by atoms with Crippen LogP contribution in [0.15, 0.2) is 76.5 Å². The molecule has 9 nitrogen and oxygen atoms in total. The van der Waals surface area contributed by atoms with Crippen molar-refractivity contribution in [3.8, 4) is 5.75 Å². The van der Waals surface area contributed by atoms with Crippen LogP contribution in [0.1, 0.15) is 5.56 Å². The number of amides is 1. The van der Waals surface area contributed by atoms with Gasteiger partial charge in [-0.15, -0.1) is 0 Å². The average molecular weight is 550 g/mol. The number of sulfonamides is 2. The third-order valence-electron chi connectivity index (χ3n) is 5.76. The zero-order chi connectivity index (χ0) is 26.1. The summed E-state index contributed by atoms with van der Waals surface area (Å²) in [5, 5.41) is 3.09. The maximum absolute atomic E-state index is 13.2. The largest absolute Gasteiger partial charge is 0.497 e. The van der Waals surface area contributed by atoms with Crippen LogP contribution in [0.25, 0.3) is 0 Å². The van der Waals surface area contributed by atoms with Gasteiger partial charge in [-0.3, -0.25) is 9.10 Å². The number of ether oxygens (including phenoxy) is 1. The van der Waals surface area contributed by atoms with Crippen LogP contribution in [0.3, 0.4) is 0 Å². The molecule has 3 aromatic carbocycles. The number of halogens is 1. The lowest BCUT2D eigenvalue weighted by Gasteiger charge is -2.21. The van der Waals surface area contributed by atoms with Gasteiger partial charge < -0.3 is 10.1 Å². The maximum atomic E-state index is 13.2. The number of methoxy groups -OCH3 is 1. The van der Waals surface area contributed by atoms with Crippen LogP contribution in [0.5, 0.6) is 5.75 Å². The fourth-order valence-corrected chi connectivity index (χ4v) is 6.57. The van der Waals surface area contributed by atoms with Crippen molar-refractivity contribution in [3.05, 3.63) is 77.3 Å². The number of carbonyl (C=O) groups excluding carboxylic acids is 1. The number of anilines is 2. The van der Waals surface area contributed by atoms with Crippen molar-refractivity contribution in [3.63, 3.8) is 0 Å². The van der Waals surface area contributed by atoms with E-state index in [1.165, 1.54) is 67.0 Å². The van der Waals surface area contributed by atoms with E-state index in [1.54, 1.807) is 18.2 Å². The molecule has 0 spiro atoms. The Balaban J connectivity index is 1.49. The number of nitrogens with one attached hydrogen (secondary N) is 1. The Kier molecular flexibility index (Phi) is 7.28. The first kappa shape index (κ1) is 26.0. The summed E-state index contributed by atoms with van der Waals surface area (Å²) in [6.07, 6.45) is 0.527. The van der Waals surface area contributed by atoms with Crippen molar-refractivity contribution in [2.24, 2.45) is 0 Å². The maximum Gasteiger partial charge on any atom is 0.264 e. The van der Waals surface area contributed by atoms with Crippen molar-refractivity contribution < 1.29 is 26.4 Å². The van der Waals surface area contributed by atoms with E-state index in [0.29, 0.717) is 28.6 Å². The highest BCUT2D eigenvalue weighted by Crippen LogP contribution is 2.35. The Labute approximate surface area is 215 Å². The second-order valence-corrected chi connectivity index (χ2v) is 12.5. The molecule has 1 aliphatic heterocycles. The summed E-state index contributed by atoms with van der Waals surface area (Å²) in [5.74, 6) is -0.0577. The standard InChI is InChI=1S/C24H24ClN3O6S2/c1-27(35(30,31)21-11-7-20(34-2)8-12-21)16-24(29)26-19-6-3-17-13-14-28(23(17)15-19)36(32,33)22-9-4-18(25)5-10-22/h3-12,15H,13-14,16H2,1-2H3,(H,26,29). The smallest absolute Gasteiger partial charge is 0.264 e. The van der Waals surface area contributed by atoms with E-state index in [9.17, 15) is 21.6 Å². The summed E-state index contributed by atoms with van der Waals surface area (Å²) in [4.78, 5) is 12.8. The fourth-order valence-electron chi connectivity index (χ4n) is 3.83. The molecule has 0 bridgehead atoms. The van der Waals surface area contributed by atoms with Gasteiger partial charge in [-0.1, -0.05) is 17.7 Å². The highest BCUT2D eigenvalue weighted by atomic mass is 35.5. The first-order chi connectivity index (χ1) is 17.0. The number of hydrogen-bond acceptors (Lipinski definition) is 6. The fraction of sp³-hybridized carbons (Fsp3) is 0.208. The Morgan fingerprint density at radius 3 is 2.28 bits per heavy atom. The normalized spacial score (nSPS) is 13.5. The minimum Gasteiger partial charge on any atom is -0.497 e. The van der Waals surface area contributed by atoms with Gasteiger partial charge in [0.25, 0.3) is 10.0 Å². The van der Waals surface area contributed by atoms with Crippen molar-refractivity contribution in [2.75, 3.05) is 36.9 Å². The predicted molar refractivity (Wildman–Crippen MR) is 138 cm³/mol. The molecule has 0 aromatic heterocycles. The molecule has 1 amide bonds. The third kappa shape index (κ3) is 5.19. The molecular formula is C24H24ClN3O6S2. The molecule has 4 rings (SSSR count). The van der Waals surface area contributed by atoms with Crippen molar-refractivity contribution in [2.45, 2.75) is 16.2 Å².